The Morgan fingerprint density at radius 2 is 2.04 bits per heavy atom. The van der Waals surface area contributed by atoms with Crippen molar-refractivity contribution in [1.29, 1.82) is 0 Å². The monoisotopic (exact) mass is 360 g/mol. The van der Waals surface area contributed by atoms with Gasteiger partial charge in [0.05, 0.1) is 12.7 Å². The standard InChI is InChI=1S/C16H14Cl2N6/c17-12-3-4-13(18)11(6-12)9-24-14(15(19)23-20)8-22-16(24)10-2-1-5-21-7-10/h1-8H,9,20H2,(H2,19,23). The van der Waals surface area contributed by atoms with E-state index in [9.17, 15) is 0 Å². The van der Waals surface area contributed by atoms with Crippen LogP contribution in [0.3, 0.4) is 0 Å². The molecule has 0 unspecified atom stereocenters. The molecule has 0 atom stereocenters. The highest BCUT2D eigenvalue weighted by Crippen LogP contribution is 2.25. The van der Waals surface area contributed by atoms with Crippen molar-refractivity contribution in [2.75, 3.05) is 0 Å². The first kappa shape index (κ1) is 16.3. The zero-order valence-electron chi connectivity index (χ0n) is 12.5. The fourth-order valence-electron chi connectivity index (χ4n) is 2.37. The normalized spacial score (nSPS) is 11.7. The summed E-state index contributed by atoms with van der Waals surface area (Å²) < 4.78 is 1.88. The maximum absolute atomic E-state index is 6.29. The molecule has 6 nitrogen and oxygen atoms in total. The minimum absolute atomic E-state index is 0.177. The van der Waals surface area contributed by atoms with E-state index >= 15 is 0 Å². The van der Waals surface area contributed by atoms with Gasteiger partial charge in [0, 0.05) is 28.0 Å². The first-order chi connectivity index (χ1) is 11.6. The van der Waals surface area contributed by atoms with Crippen molar-refractivity contribution >= 4 is 29.0 Å². The van der Waals surface area contributed by atoms with Crippen LogP contribution in [0.1, 0.15) is 11.3 Å². The van der Waals surface area contributed by atoms with Gasteiger partial charge in [-0.1, -0.05) is 23.2 Å². The Hall–Kier alpha value is -2.57. The van der Waals surface area contributed by atoms with E-state index in [1.165, 1.54) is 0 Å². The highest BCUT2D eigenvalue weighted by molar-refractivity contribution is 6.33. The minimum Gasteiger partial charge on any atom is -0.381 e. The van der Waals surface area contributed by atoms with Gasteiger partial charge in [-0.05, 0) is 35.9 Å². The molecule has 0 saturated carbocycles. The van der Waals surface area contributed by atoms with Gasteiger partial charge in [0.1, 0.15) is 11.5 Å². The van der Waals surface area contributed by atoms with E-state index in [0.717, 1.165) is 11.1 Å². The molecule has 122 valence electrons. The highest BCUT2D eigenvalue weighted by Gasteiger charge is 2.16. The molecule has 4 N–H and O–H groups in total. The number of amidine groups is 1. The van der Waals surface area contributed by atoms with Crippen LogP contribution < -0.4 is 11.6 Å². The van der Waals surface area contributed by atoms with Crippen LogP contribution in [0.4, 0.5) is 0 Å². The van der Waals surface area contributed by atoms with Crippen molar-refractivity contribution in [3.8, 4) is 11.4 Å². The molecular formula is C16H14Cl2N6. The zero-order chi connectivity index (χ0) is 17.1. The van der Waals surface area contributed by atoms with Gasteiger partial charge >= 0.3 is 0 Å². The van der Waals surface area contributed by atoms with Crippen molar-refractivity contribution in [2.24, 2.45) is 16.7 Å². The van der Waals surface area contributed by atoms with E-state index in [1.807, 2.05) is 16.7 Å². The average molecular weight is 361 g/mol. The molecule has 0 bridgehead atoms. The first-order valence-corrected chi connectivity index (χ1v) is 7.79. The Morgan fingerprint density at radius 3 is 2.75 bits per heavy atom. The number of benzene rings is 1. The van der Waals surface area contributed by atoms with Crippen molar-refractivity contribution in [3.05, 3.63) is 70.2 Å². The predicted molar refractivity (Wildman–Crippen MR) is 95.9 cm³/mol. The molecule has 3 aromatic rings. The second kappa shape index (κ2) is 6.90. The molecule has 0 fully saturated rings. The molecular weight excluding hydrogens is 347 g/mol. The van der Waals surface area contributed by atoms with Crippen molar-refractivity contribution < 1.29 is 0 Å². The first-order valence-electron chi connectivity index (χ1n) is 7.03. The van der Waals surface area contributed by atoms with Crippen LogP contribution in [0.25, 0.3) is 11.4 Å². The summed E-state index contributed by atoms with van der Waals surface area (Å²) in [5.41, 5.74) is 8.16. The molecule has 0 saturated heterocycles. The van der Waals surface area contributed by atoms with Crippen LogP contribution in [0.2, 0.25) is 10.0 Å². The third-order valence-electron chi connectivity index (χ3n) is 3.51. The SMILES string of the molecule is N/N=C(\N)c1cnc(-c2cccnc2)n1Cc1cc(Cl)ccc1Cl. The van der Waals surface area contributed by atoms with Gasteiger partial charge in [-0.15, -0.1) is 0 Å². The Balaban J connectivity index is 2.13. The second-order valence-electron chi connectivity index (χ2n) is 5.04. The van der Waals surface area contributed by atoms with Gasteiger partial charge in [-0.2, -0.15) is 5.10 Å². The van der Waals surface area contributed by atoms with Crippen LogP contribution >= 0.6 is 23.2 Å². The smallest absolute Gasteiger partial charge is 0.168 e. The summed E-state index contributed by atoms with van der Waals surface area (Å²) in [7, 11) is 0. The number of aromatic nitrogens is 3. The zero-order valence-corrected chi connectivity index (χ0v) is 14.0. The molecule has 2 aromatic heterocycles. The molecule has 3 rings (SSSR count). The summed E-state index contributed by atoms with van der Waals surface area (Å²) in [6.07, 6.45) is 5.03. The lowest BCUT2D eigenvalue weighted by Crippen LogP contribution is -2.21. The van der Waals surface area contributed by atoms with Gasteiger partial charge in [0.2, 0.25) is 0 Å². The van der Waals surface area contributed by atoms with Crippen LogP contribution in [0.15, 0.2) is 54.0 Å². The fraction of sp³-hybridized carbons (Fsp3) is 0.0625. The number of hydrazone groups is 1. The lowest BCUT2D eigenvalue weighted by atomic mass is 10.2. The van der Waals surface area contributed by atoms with E-state index in [0.29, 0.717) is 28.1 Å². The largest absolute Gasteiger partial charge is 0.381 e. The number of pyridine rings is 1. The summed E-state index contributed by atoms with van der Waals surface area (Å²) in [6, 6.07) is 9.03. The van der Waals surface area contributed by atoms with Crippen molar-refractivity contribution in [1.82, 2.24) is 14.5 Å². The fourth-order valence-corrected chi connectivity index (χ4v) is 2.74. The number of rotatable bonds is 4. The molecule has 0 amide bonds. The number of halogens is 2. The summed E-state index contributed by atoms with van der Waals surface area (Å²) in [4.78, 5) is 8.56. The average Bonchev–Trinajstić information content (AvgIpc) is 3.02. The minimum atomic E-state index is 0.177. The Bertz CT molecular complexity index is 889. The summed E-state index contributed by atoms with van der Waals surface area (Å²) >= 11 is 12.4. The quantitative estimate of drug-likeness (QED) is 0.323. The molecule has 0 radical (unpaired) electrons. The van der Waals surface area contributed by atoms with Crippen LogP contribution in [-0.4, -0.2) is 20.4 Å². The summed E-state index contributed by atoms with van der Waals surface area (Å²) in [5, 5.41) is 4.76. The van der Waals surface area contributed by atoms with Crippen LogP contribution in [0.5, 0.6) is 0 Å². The van der Waals surface area contributed by atoms with Crippen molar-refractivity contribution in [3.63, 3.8) is 0 Å². The second-order valence-corrected chi connectivity index (χ2v) is 5.89. The number of hydrogen-bond acceptors (Lipinski definition) is 4. The molecule has 2 heterocycles. The molecule has 0 spiro atoms. The van der Waals surface area contributed by atoms with E-state index in [-0.39, 0.29) is 5.84 Å². The molecule has 1 aromatic carbocycles. The van der Waals surface area contributed by atoms with Crippen LogP contribution in [0, 0.1) is 0 Å². The Morgan fingerprint density at radius 1 is 1.21 bits per heavy atom. The Labute approximate surface area is 148 Å². The topological polar surface area (TPSA) is 95.1 Å². The van der Waals surface area contributed by atoms with Gasteiger partial charge in [0.25, 0.3) is 0 Å². The van der Waals surface area contributed by atoms with Gasteiger partial charge in [0.15, 0.2) is 5.84 Å². The molecule has 0 aliphatic rings. The lowest BCUT2D eigenvalue weighted by Gasteiger charge is -2.13. The van der Waals surface area contributed by atoms with E-state index in [2.05, 4.69) is 15.1 Å². The summed E-state index contributed by atoms with van der Waals surface area (Å²) in [5.74, 6) is 6.19. The van der Waals surface area contributed by atoms with Gasteiger partial charge < -0.3 is 16.1 Å². The molecule has 0 aliphatic carbocycles. The van der Waals surface area contributed by atoms with E-state index < -0.39 is 0 Å². The maximum atomic E-state index is 6.29. The van der Waals surface area contributed by atoms with Gasteiger partial charge in [-0.25, -0.2) is 4.98 Å². The van der Waals surface area contributed by atoms with Gasteiger partial charge in [-0.3, -0.25) is 4.98 Å². The molecule has 8 heteroatoms. The Kier molecular flexibility index (Phi) is 4.69. The van der Waals surface area contributed by atoms with Crippen molar-refractivity contribution in [2.45, 2.75) is 6.54 Å². The maximum Gasteiger partial charge on any atom is 0.168 e. The third kappa shape index (κ3) is 3.20. The van der Waals surface area contributed by atoms with E-state index in [1.54, 1.807) is 36.8 Å². The highest BCUT2D eigenvalue weighted by atomic mass is 35.5. The summed E-state index contributed by atoms with van der Waals surface area (Å²) in [6.45, 7) is 0.412. The predicted octanol–water partition coefficient (Wildman–Crippen LogP) is 2.88. The number of nitrogens with zero attached hydrogens (tertiary/aromatic N) is 4. The third-order valence-corrected chi connectivity index (χ3v) is 4.12. The van der Waals surface area contributed by atoms with E-state index in [4.69, 9.17) is 34.8 Å². The lowest BCUT2D eigenvalue weighted by molar-refractivity contribution is 0.797. The number of hydrogen-bond donors (Lipinski definition) is 2. The molecule has 0 aliphatic heterocycles. The molecule has 24 heavy (non-hydrogen) atoms. The number of imidazole rings is 1. The number of nitrogens with two attached hydrogens (primary N) is 2. The van der Waals surface area contributed by atoms with Crippen LogP contribution in [-0.2, 0) is 6.54 Å².